The summed E-state index contributed by atoms with van der Waals surface area (Å²) in [6, 6.07) is 7.41. The van der Waals surface area contributed by atoms with Gasteiger partial charge >= 0.3 is 0 Å². The van der Waals surface area contributed by atoms with Crippen LogP contribution >= 0.6 is 0 Å². The van der Waals surface area contributed by atoms with Crippen molar-refractivity contribution < 1.29 is 14.3 Å². The predicted octanol–water partition coefficient (Wildman–Crippen LogP) is 2.67. The smallest absolute Gasteiger partial charge is 0.228 e. The SMILES string of the molecule is CC(C)Oc1ccccc1NC(=O)C1CC1C(=O)N1CCCC1. The molecule has 2 atom stereocenters. The molecule has 1 aromatic carbocycles. The van der Waals surface area contributed by atoms with Gasteiger partial charge in [-0.15, -0.1) is 0 Å². The summed E-state index contributed by atoms with van der Waals surface area (Å²) in [5.41, 5.74) is 0.672. The monoisotopic (exact) mass is 316 g/mol. The highest BCUT2D eigenvalue weighted by molar-refractivity contribution is 6.00. The Bertz CT molecular complexity index is 594. The molecule has 5 heteroatoms. The number of ether oxygens (including phenoxy) is 1. The van der Waals surface area contributed by atoms with E-state index in [9.17, 15) is 9.59 Å². The van der Waals surface area contributed by atoms with Crippen LogP contribution in [-0.4, -0.2) is 35.9 Å². The molecule has 1 heterocycles. The zero-order valence-corrected chi connectivity index (χ0v) is 13.7. The number of benzene rings is 1. The van der Waals surface area contributed by atoms with Gasteiger partial charge in [0.2, 0.25) is 11.8 Å². The molecule has 0 bridgehead atoms. The first kappa shape index (κ1) is 15.8. The van der Waals surface area contributed by atoms with Crippen molar-refractivity contribution in [1.82, 2.24) is 4.90 Å². The molecule has 1 aromatic rings. The van der Waals surface area contributed by atoms with Gasteiger partial charge in [-0.2, -0.15) is 0 Å². The summed E-state index contributed by atoms with van der Waals surface area (Å²) in [6.45, 7) is 5.58. The average Bonchev–Trinajstić information content (AvgIpc) is 3.13. The van der Waals surface area contributed by atoms with Crippen LogP contribution in [0.2, 0.25) is 0 Å². The molecular weight excluding hydrogens is 292 g/mol. The van der Waals surface area contributed by atoms with Crippen LogP contribution in [0.1, 0.15) is 33.1 Å². The highest BCUT2D eigenvalue weighted by Crippen LogP contribution is 2.42. The third-order valence-corrected chi connectivity index (χ3v) is 4.37. The number of likely N-dealkylation sites (tertiary alicyclic amines) is 1. The van der Waals surface area contributed by atoms with E-state index in [0.717, 1.165) is 25.9 Å². The number of carbonyl (C=O) groups excluding carboxylic acids is 2. The zero-order chi connectivity index (χ0) is 16.4. The van der Waals surface area contributed by atoms with E-state index in [1.165, 1.54) is 0 Å². The van der Waals surface area contributed by atoms with Crippen molar-refractivity contribution in [2.45, 2.75) is 39.2 Å². The van der Waals surface area contributed by atoms with Crippen molar-refractivity contribution in [2.75, 3.05) is 18.4 Å². The third kappa shape index (κ3) is 3.66. The topological polar surface area (TPSA) is 58.6 Å². The molecule has 1 N–H and O–H groups in total. The third-order valence-electron chi connectivity index (χ3n) is 4.37. The first-order valence-electron chi connectivity index (χ1n) is 8.41. The minimum Gasteiger partial charge on any atom is -0.489 e. The number of nitrogens with one attached hydrogen (secondary N) is 1. The molecule has 5 nitrogen and oxygen atoms in total. The van der Waals surface area contributed by atoms with Gasteiger partial charge in [0.05, 0.1) is 23.6 Å². The highest BCUT2D eigenvalue weighted by Gasteiger charge is 2.49. The number of anilines is 1. The summed E-state index contributed by atoms with van der Waals surface area (Å²) in [5.74, 6) is 0.400. The number of rotatable bonds is 5. The number of carbonyl (C=O) groups is 2. The standard InChI is InChI=1S/C18H24N2O3/c1-12(2)23-16-8-4-3-7-15(16)19-17(21)13-11-14(13)18(22)20-9-5-6-10-20/h3-4,7-8,12-14H,5-6,9-11H2,1-2H3,(H,19,21). The lowest BCUT2D eigenvalue weighted by Gasteiger charge is -2.16. The minimum atomic E-state index is -0.199. The van der Waals surface area contributed by atoms with Gasteiger partial charge in [-0.3, -0.25) is 9.59 Å². The van der Waals surface area contributed by atoms with Gasteiger partial charge < -0.3 is 15.0 Å². The van der Waals surface area contributed by atoms with Crippen molar-refractivity contribution in [3.8, 4) is 5.75 Å². The fourth-order valence-electron chi connectivity index (χ4n) is 3.08. The predicted molar refractivity (Wildman–Crippen MR) is 88.2 cm³/mol. The summed E-state index contributed by atoms with van der Waals surface area (Å²) < 4.78 is 5.71. The molecule has 23 heavy (non-hydrogen) atoms. The van der Waals surface area contributed by atoms with E-state index < -0.39 is 0 Å². The van der Waals surface area contributed by atoms with Gasteiger partial charge in [0.1, 0.15) is 5.75 Å². The molecule has 2 unspecified atom stereocenters. The summed E-state index contributed by atoms with van der Waals surface area (Å²) >= 11 is 0. The number of nitrogens with zero attached hydrogens (tertiary/aromatic N) is 1. The molecule has 2 amide bonds. The van der Waals surface area contributed by atoms with Crippen LogP contribution < -0.4 is 10.1 Å². The first-order valence-corrected chi connectivity index (χ1v) is 8.41. The van der Waals surface area contributed by atoms with Gasteiger partial charge in [-0.1, -0.05) is 12.1 Å². The average molecular weight is 316 g/mol. The van der Waals surface area contributed by atoms with Gasteiger partial charge in [0.15, 0.2) is 0 Å². The Morgan fingerprint density at radius 2 is 1.87 bits per heavy atom. The lowest BCUT2D eigenvalue weighted by atomic mass is 10.2. The number of para-hydroxylation sites is 2. The van der Waals surface area contributed by atoms with E-state index in [0.29, 0.717) is 17.9 Å². The Kier molecular flexibility index (Phi) is 4.55. The molecule has 1 aliphatic heterocycles. The van der Waals surface area contributed by atoms with Gasteiger partial charge in [0, 0.05) is 13.1 Å². The van der Waals surface area contributed by atoms with E-state index in [-0.39, 0.29) is 29.8 Å². The van der Waals surface area contributed by atoms with Crippen molar-refractivity contribution >= 4 is 17.5 Å². The summed E-state index contributed by atoms with van der Waals surface area (Å²) in [5, 5.41) is 2.92. The van der Waals surface area contributed by atoms with Gasteiger partial charge in [-0.05, 0) is 45.2 Å². The molecule has 2 aliphatic rings. The second kappa shape index (κ2) is 6.60. The number of hydrogen-bond donors (Lipinski definition) is 1. The van der Waals surface area contributed by atoms with Gasteiger partial charge in [0.25, 0.3) is 0 Å². The first-order chi connectivity index (χ1) is 11.1. The Morgan fingerprint density at radius 1 is 1.17 bits per heavy atom. The van der Waals surface area contributed by atoms with E-state index in [4.69, 9.17) is 4.74 Å². The maximum absolute atomic E-state index is 12.4. The van der Waals surface area contributed by atoms with Crippen molar-refractivity contribution in [3.05, 3.63) is 24.3 Å². The Hall–Kier alpha value is -2.04. The molecule has 3 rings (SSSR count). The van der Waals surface area contributed by atoms with Crippen molar-refractivity contribution in [2.24, 2.45) is 11.8 Å². The fourth-order valence-corrected chi connectivity index (χ4v) is 3.08. The van der Waals surface area contributed by atoms with E-state index in [1.807, 2.05) is 43.0 Å². The Balaban J connectivity index is 1.59. The largest absolute Gasteiger partial charge is 0.489 e. The molecule has 0 radical (unpaired) electrons. The molecular formula is C18H24N2O3. The maximum Gasteiger partial charge on any atom is 0.228 e. The lowest BCUT2D eigenvalue weighted by molar-refractivity contribution is -0.133. The van der Waals surface area contributed by atoms with Crippen molar-refractivity contribution in [3.63, 3.8) is 0 Å². The van der Waals surface area contributed by atoms with Gasteiger partial charge in [-0.25, -0.2) is 0 Å². The number of hydrogen-bond acceptors (Lipinski definition) is 3. The number of amides is 2. The second-order valence-corrected chi connectivity index (χ2v) is 6.63. The van der Waals surface area contributed by atoms with Crippen LogP contribution in [0.4, 0.5) is 5.69 Å². The normalized spacial score (nSPS) is 23.0. The minimum absolute atomic E-state index is 0.0402. The van der Waals surface area contributed by atoms with Crippen LogP contribution in [-0.2, 0) is 9.59 Å². The summed E-state index contributed by atoms with van der Waals surface area (Å²) in [4.78, 5) is 26.6. The van der Waals surface area contributed by atoms with E-state index in [1.54, 1.807) is 0 Å². The van der Waals surface area contributed by atoms with E-state index >= 15 is 0 Å². The Morgan fingerprint density at radius 3 is 2.57 bits per heavy atom. The highest BCUT2D eigenvalue weighted by atomic mass is 16.5. The van der Waals surface area contributed by atoms with Crippen LogP contribution in [0.3, 0.4) is 0 Å². The quantitative estimate of drug-likeness (QED) is 0.908. The second-order valence-electron chi connectivity index (χ2n) is 6.63. The van der Waals surface area contributed by atoms with Crippen LogP contribution in [0.15, 0.2) is 24.3 Å². The van der Waals surface area contributed by atoms with Crippen LogP contribution in [0.5, 0.6) is 5.75 Å². The molecule has 0 aromatic heterocycles. The van der Waals surface area contributed by atoms with Crippen LogP contribution in [0, 0.1) is 11.8 Å². The zero-order valence-electron chi connectivity index (χ0n) is 13.7. The molecule has 2 fully saturated rings. The summed E-state index contributed by atoms with van der Waals surface area (Å²) in [7, 11) is 0. The Labute approximate surface area is 137 Å². The molecule has 1 saturated heterocycles. The molecule has 1 aliphatic carbocycles. The lowest BCUT2D eigenvalue weighted by Crippen LogP contribution is -2.30. The molecule has 124 valence electrons. The maximum atomic E-state index is 12.4. The molecule has 0 spiro atoms. The van der Waals surface area contributed by atoms with E-state index in [2.05, 4.69) is 5.32 Å². The summed E-state index contributed by atoms with van der Waals surface area (Å²) in [6.07, 6.45) is 2.86. The molecule has 1 saturated carbocycles. The van der Waals surface area contributed by atoms with Crippen LogP contribution in [0.25, 0.3) is 0 Å². The van der Waals surface area contributed by atoms with Crippen molar-refractivity contribution in [1.29, 1.82) is 0 Å². The fraction of sp³-hybridized carbons (Fsp3) is 0.556.